The molecule has 1 aromatic carbocycles. The molecule has 2 aromatic heterocycles. The predicted molar refractivity (Wildman–Crippen MR) is 113 cm³/mol. The van der Waals surface area contributed by atoms with Gasteiger partial charge in [-0.3, -0.25) is 4.79 Å². The van der Waals surface area contributed by atoms with Crippen molar-refractivity contribution in [3.8, 4) is 16.3 Å². The van der Waals surface area contributed by atoms with Crippen LogP contribution in [0.3, 0.4) is 0 Å². The number of hydrogen-bond acceptors (Lipinski definition) is 6. The highest BCUT2D eigenvalue weighted by atomic mass is 32.1. The second-order valence-corrected chi connectivity index (χ2v) is 9.13. The molecule has 1 amide bonds. The van der Waals surface area contributed by atoms with Crippen LogP contribution in [0, 0.1) is 18.7 Å². The molecule has 1 fully saturated rings. The highest BCUT2D eigenvalue weighted by Crippen LogP contribution is 2.35. The Balaban J connectivity index is 1.59. The summed E-state index contributed by atoms with van der Waals surface area (Å²) in [6.45, 7) is 3.86. The standard InChI is InChI=1S/C22H20F4N4O2S/c1-11-7-27-20(33-11)17-6-15(32-10-13-3-4-13)5-16(18(17)23)19(31)30-12(2)14-8-28-21(29-9-14)22(24,25)26/h5-9,12-13H,3-4,10H2,1-2H3,(H,30,31). The van der Waals surface area contributed by atoms with Crippen molar-refractivity contribution in [2.75, 3.05) is 6.61 Å². The van der Waals surface area contributed by atoms with Gasteiger partial charge in [0.1, 0.15) is 16.6 Å². The van der Waals surface area contributed by atoms with E-state index in [1.54, 1.807) is 13.1 Å². The van der Waals surface area contributed by atoms with E-state index in [-0.39, 0.29) is 16.7 Å². The van der Waals surface area contributed by atoms with E-state index in [1.807, 2.05) is 6.92 Å². The summed E-state index contributed by atoms with van der Waals surface area (Å²) >= 11 is 1.29. The van der Waals surface area contributed by atoms with Crippen LogP contribution in [0.2, 0.25) is 0 Å². The number of halogens is 4. The number of benzene rings is 1. The van der Waals surface area contributed by atoms with Crippen molar-refractivity contribution < 1.29 is 27.1 Å². The number of amides is 1. The lowest BCUT2D eigenvalue weighted by atomic mass is 10.1. The number of nitrogens with zero attached hydrogens (tertiary/aromatic N) is 3. The number of nitrogens with one attached hydrogen (secondary N) is 1. The maximum absolute atomic E-state index is 15.3. The maximum Gasteiger partial charge on any atom is 0.451 e. The number of thiazole rings is 1. The van der Waals surface area contributed by atoms with E-state index in [0.29, 0.717) is 23.3 Å². The molecule has 0 spiro atoms. The number of carbonyl (C=O) groups excluding carboxylic acids is 1. The Labute approximate surface area is 191 Å². The molecule has 1 atom stereocenters. The number of ether oxygens (including phenoxy) is 1. The summed E-state index contributed by atoms with van der Waals surface area (Å²) in [6.07, 6.45) is 1.05. The van der Waals surface area contributed by atoms with Crippen LogP contribution in [-0.2, 0) is 6.18 Å². The molecule has 6 nitrogen and oxygen atoms in total. The largest absolute Gasteiger partial charge is 0.493 e. The third-order valence-corrected chi connectivity index (χ3v) is 6.04. The summed E-state index contributed by atoms with van der Waals surface area (Å²) in [5.74, 6) is -1.97. The lowest BCUT2D eigenvalue weighted by Gasteiger charge is -2.16. The molecular weight excluding hydrogens is 460 g/mol. The average Bonchev–Trinajstić information content (AvgIpc) is 3.50. The first-order chi connectivity index (χ1) is 15.6. The summed E-state index contributed by atoms with van der Waals surface area (Å²) in [5.41, 5.74) is 0.150. The lowest BCUT2D eigenvalue weighted by molar-refractivity contribution is -0.145. The fourth-order valence-electron chi connectivity index (χ4n) is 3.05. The van der Waals surface area contributed by atoms with Gasteiger partial charge in [-0.2, -0.15) is 13.2 Å². The molecule has 33 heavy (non-hydrogen) atoms. The third-order valence-electron chi connectivity index (χ3n) is 5.10. The molecule has 1 aliphatic carbocycles. The number of hydrogen-bond donors (Lipinski definition) is 1. The number of rotatable bonds is 7. The van der Waals surface area contributed by atoms with Crippen LogP contribution < -0.4 is 10.1 Å². The Bertz CT molecular complexity index is 1160. The molecule has 1 N–H and O–H groups in total. The number of alkyl halides is 3. The number of aryl methyl sites for hydroxylation is 1. The van der Waals surface area contributed by atoms with Gasteiger partial charge in [-0.25, -0.2) is 19.3 Å². The Morgan fingerprint density at radius 2 is 1.91 bits per heavy atom. The van der Waals surface area contributed by atoms with Crippen LogP contribution in [0.25, 0.3) is 10.6 Å². The molecule has 11 heteroatoms. The summed E-state index contributed by atoms with van der Waals surface area (Å²) < 4.78 is 59.2. The monoisotopic (exact) mass is 480 g/mol. The van der Waals surface area contributed by atoms with Gasteiger partial charge in [0.25, 0.3) is 5.91 Å². The predicted octanol–water partition coefficient (Wildman–Crippen LogP) is 5.35. The zero-order valence-corrected chi connectivity index (χ0v) is 18.6. The third kappa shape index (κ3) is 5.47. The molecule has 1 aliphatic rings. The molecule has 1 unspecified atom stereocenters. The highest BCUT2D eigenvalue weighted by molar-refractivity contribution is 7.14. The number of carbonyl (C=O) groups is 1. The Kier molecular flexibility index (Phi) is 6.33. The van der Waals surface area contributed by atoms with Crippen molar-refractivity contribution in [1.29, 1.82) is 0 Å². The van der Waals surface area contributed by atoms with Gasteiger partial charge < -0.3 is 10.1 Å². The van der Waals surface area contributed by atoms with Crippen LogP contribution in [0.5, 0.6) is 5.75 Å². The van der Waals surface area contributed by atoms with Crippen LogP contribution in [0.4, 0.5) is 17.6 Å². The SMILES string of the molecule is Cc1cnc(-c2cc(OCC3CC3)cc(C(=O)NC(C)c3cnc(C(F)(F)F)nc3)c2F)s1. The maximum atomic E-state index is 15.3. The van der Waals surface area contributed by atoms with Crippen molar-refractivity contribution in [1.82, 2.24) is 20.3 Å². The van der Waals surface area contributed by atoms with Crippen molar-refractivity contribution in [2.45, 2.75) is 38.9 Å². The average molecular weight is 480 g/mol. The van der Waals surface area contributed by atoms with E-state index < -0.39 is 29.8 Å². The minimum Gasteiger partial charge on any atom is -0.493 e. The van der Waals surface area contributed by atoms with Crippen LogP contribution in [-0.4, -0.2) is 27.5 Å². The first-order valence-corrected chi connectivity index (χ1v) is 11.0. The van der Waals surface area contributed by atoms with Crippen LogP contribution in [0.1, 0.15) is 52.4 Å². The molecular formula is C22H20F4N4O2S. The first kappa shape index (κ1) is 23.1. The first-order valence-electron chi connectivity index (χ1n) is 10.2. The van der Waals surface area contributed by atoms with Gasteiger partial charge in [0.2, 0.25) is 5.82 Å². The Morgan fingerprint density at radius 1 is 1.21 bits per heavy atom. The zero-order valence-electron chi connectivity index (χ0n) is 17.7. The Hall–Kier alpha value is -3.08. The quantitative estimate of drug-likeness (QED) is 0.462. The van der Waals surface area contributed by atoms with E-state index in [4.69, 9.17) is 4.74 Å². The Morgan fingerprint density at radius 3 is 2.48 bits per heavy atom. The molecule has 2 heterocycles. The molecule has 174 valence electrons. The molecule has 0 bridgehead atoms. The minimum atomic E-state index is -4.67. The molecule has 3 aromatic rings. The van der Waals surface area contributed by atoms with Gasteiger partial charge in [-0.1, -0.05) is 0 Å². The fraction of sp³-hybridized carbons (Fsp3) is 0.364. The van der Waals surface area contributed by atoms with Crippen molar-refractivity contribution in [2.24, 2.45) is 5.92 Å². The van der Waals surface area contributed by atoms with Crippen molar-refractivity contribution in [3.63, 3.8) is 0 Å². The van der Waals surface area contributed by atoms with Gasteiger partial charge in [-0.15, -0.1) is 11.3 Å². The summed E-state index contributed by atoms with van der Waals surface area (Å²) in [7, 11) is 0. The second-order valence-electron chi connectivity index (χ2n) is 7.90. The lowest BCUT2D eigenvalue weighted by Crippen LogP contribution is -2.28. The second kappa shape index (κ2) is 9.05. The smallest absolute Gasteiger partial charge is 0.451 e. The minimum absolute atomic E-state index is 0.150. The van der Waals surface area contributed by atoms with Gasteiger partial charge in [-0.05, 0) is 44.7 Å². The molecule has 1 saturated carbocycles. The summed E-state index contributed by atoms with van der Waals surface area (Å²) in [6, 6.07) is 2.09. The molecule has 4 rings (SSSR count). The van der Waals surface area contributed by atoms with Crippen molar-refractivity contribution >= 4 is 17.2 Å². The van der Waals surface area contributed by atoms with E-state index in [9.17, 15) is 18.0 Å². The summed E-state index contributed by atoms with van der Waals surface area (Å²) in [4.78, 5) is 24.6. The van der Waals surface area contributed by atoms with Crippen LogP contribution in [0.15, 0.2) is 30.7 Å². The summed E-state index contributed by atoms with van der Waals surface area (Å²) in [5, 5.41) is 3.00. The topological polar surface area (TPSA) is 77.0 Å². The van der Waals surface area contributed by atoms with E-state index in [2.05, 4.69) is 20.3 Å². The van der Waals surface area contributed by atoms with E-state index in [0.717, 1.165) is 30.1 Å². The van der Waals surface area contributed by atoms with Gasteiger partial charge in [0.05, 0.1) is 23.8 Å². The van der Waals surface area contributed by atoms with Crippen molar-refractivity contribution in [3.05, 3.63) is 58.4 Å². The van der Waals surface area contributed by atoms with Crippen LogP contribution >= 0.6 is 11.3 Å². The molecule has 0 radical (unpaired) electrons. The zero-order chi connectivity index (χ0) is 23.8. The van der Waals surface area contributed by atoms with E-state index in [1.165, 1.54) is 23.5 Å². The van der Waals surface area contributed by atoms with Gasteiger partial charge in [0, 0.05) is 29.0 Å². The van der Waals surface area contributed by atoms with Gasteiger partial charge >= 0.3 is 6.18 Å². The number of aromatic nitrogens is 3. The van der Waals surface area contributed by atoms with E-state index >= 15 is 4.39 Å². The fourth-order valence-corrected chi connectivity index (χ4v) is 3.82. The highest BCUT2D eigenvalue weighted by Gasteiger charge is 2.34. The normalized spacial score (nSPS) is 14.7. The molecule has 0 aliphatic heterocycles. The molecule has 0 saturated heterocycles. The van der Waals surface area contributed by atoms with Gasteiger partial charge in [0.15, 0.2) is 0 Å².